The number of nitrogens with one attached hydrogen (secondary N) is 3. The number of carbonyl (C=O) groups excluding carboxylic acids is 3. The first-order valence-electron chi connectivity index (χ1n) is 10.0. The summed E-state index contributed by atoms with van der Waals surface area (Å²) in [5.74, 6) is -0.336. The zero-order valence-electron chi connectivity index (χ0n) is 17.5. The fourth-order valence-electron chi connectivity index (χ4n) is 2.99. The van der Waals surface area contributed by atoms with Crippen molar-refractivity contribution < 1.29 is 19.1 Å². The second kappa shape index (κ2) is 10.6. The van der Waals surface area contributed by atoms with Crippen LogP contribution in [-0.2, 0) is 20.9 Å². The lowest BCUT2D eigenvalue weighted by Gasteiger charge is -2.19. The van der Waals surface area contributed by atoms with Crippen LogP contribution in [0, 0.1) is 0 Å². The molecule has 0 atom stereocenters. The maximum absolute atomic E-state index is 12.2. The molecule has 0 saturated heterocycles. The van der Waals surface area contributed by atoms with Gasteiger partial charge in [0, 0.05) is 31.3 Å². The van der Waals surface area contributed by atoms with Gasteiger partial charge in [-0.1, -0.05) is 23.8 Å². The van der Waals surface area contributed by atoms with Gasteiger partial charge in [-0.15, -0.1) is 0 Å². The van der Waals surface area contributed by atoms with Crippen molar-refractivity contribution in [1.82, 2.24) is 10.6 Å². The summed E-state index contributed by atoms with van der Waals surface area (Å²) < 4.78 is 5.13. The van der Waals surface area contributed by atoms with Gasteiger partial charge < -0.3 is 20.7 Å². The Hall–Kier alpha value is -2.83. The fourth-order valence-corrected chi connectivity index (χ4v) is 2.99. The van der Waals surface area contributed by atoms with E-state index in [4.69, 9.17) is 4.74 Å². The number of benzene rings is 1. The quantitative estimate of drug-likeness (QED) is 0.608. The molecule has 1 aromatic rings. The summed E-state index contributed by atoms with van der Waals surface area (Å²) in [6, 6.07) is 7.32. The number of amides is 3. The van der Waals surface area contributed by atoms with Crippen LogP contribution < -0.4 is 16.0 Å². The Balaban J connectivity index is 1.80. The van der Waals surface area contributed by atoms with Gasteiger partial charge in [-0.3, -0.25) is 9.59 Å². The molecule has 1 aliphatic rings. The van der Waals surface area contributed by atoms with Gasteiger partial charge in [0.2, 0.25) is 11.8 Å². The van der Waals surface area contributed by atoms with Gasteiger partial charge in [0.15, 0.2) is 0 Å². The van der Waals surface area contributed by atoms with Crippen molar-refractivity contribution in [2.24, 2.45) is 0 Å². The molecule has 158 valence electrons. The Morgan fingerprint density at radius 2 is 1.76 bits per heavy atom. The Morgan fingerprint density at radius 1 is 1.07 bits per heavy atom. The van der Waals surface area contributed by atoms with Crippen molar-refractivity contribution in [3.8, 4) is 0 Å². The molecule has 3 amide bonds. The van der Waals surface area contributed by atoms with E-state index in [1.807, 2.05) is 18.2 Å². The number of hydrogen-bond acceptors (Lipinski definition) is 4. The minimum Gasteiger partial charge on any atom is -0.444 e. The Kier molecular flexibility index (Phi) is 8.24. The lowest BCUT2D eigenvalue weighted by Crippen LogP contribution is -2.34. The first kappa shape index (κ1) is 22.5. The summed E-state index contributed by atoms with van der Waals surface area (Å²) >= 11 is 0. The zero-order valence-corrected chi connectivity index (χ0v) is 17.5. The van der Waals surface area contributed by atoms with Crippen LogP contribution >= 0.6 is 0 Å². The Labute approximate surface area is 172 Å². The molecule has 0 heterocycles. The van der Waals surface area contributed by atoms with Crippen LogP contribution in [0.3, 0.4) is 0 Å². The summed E-state index contributed by atoms with van der Waals surface area (Å²) in [5, 5.41) is 8.27. The monoisotopic (exact) mass is 401 g/mol. The highest BCUT2D eigenvalue weighted by molar-refractivity contribution is 5.92. The van der Waals surface area contributed by atoms with Gasteiger partial charge in [0.05, 0.1) is 0 Å². The number of para-hydroxylation sites is 1. The molecule has 29 heavy (non-hydrogen) atoms. The van der Waals surface area contributed by atoms with Gasteiger partial charge in [-0.2, -0.15) is 0 Å². The molecule has 1 saturated carbocycles. The lowest BCUT2D eigenvalue weighted by atomic mass is 10.1. The summed E-state index contributed by atoms with van der Waals surface area (Å²) in [7, 11) is 0. The van der Waals surface area contributed by atoms with Gasteiger partial charge in [-0.25, -0.2) is 4.79 Å². The van der Waals surface area contributed by atoms with Gasteiger partial charge in [0.1, 0.15) is 5.60 Å². The average Bonchev–Trinajstić information content (AvgIpc) is 3.12. The summed E-state index contributed by atoms with van der Waals surface area (Å²) in [5.41, 5.74) is 2.08. The third-order valence-corrected chi connectivity index (χ3v) is 4.35. The maximum Gasteiger partial charge on any atom is 0.407 e. The molecule has 2 rings (SSSR count). The van der Waals surface area contributed by atoms with Crippen LogP contribution in [0.4, 0.5) is 10.5 Å². The van der Waals surface area contributed by atoms with Gasteiger partial charge in [0.25, 0.3) is 0 Å². The summed E-state index contributed by atoms with van der Waals surface area (Å²) in [6.07, 6.45) is 5.55. The predicted molar refractivity (Wildman–Crippen MR) is 112 cm³/mol. The molecule has 0 aromatic heterocycles. The van der Waals surface area contributed by atoms with Gasteiger partial charge in [-0.05, 0) is 58.1 Å². The van der Waals surface area contributed by atoms with Gasteiger partial charge >= 0.3 is 6.09 Å². The van der Waals surface area contributed by atoms with E-state index in [9.17, 15) is 14.4 Å². The number of alkyl carbamates (subject to hydrolysis) is 1. The van der Waals surface area contributed by atoms with E-state index in [1.54, 1.807) is 32.9 Å². The standard InChI is InChI=1S/C22H31N3O4/c1-22(2,3)29-21(28)23-13-12-19(26)25-18-11-7-6-10-17(18)15-24-20(27)14-16-8-4-5-9-16/h6-7,10-11,14H,4-5,8-9,12-13,15H2,1-3H3,(H,23,28)(H,24,27)(H,25,26). The maximum atomic E-state index is 12.2. The van der Waals surface area contributed by atoms with E-state index in [2.05, 4.69) is 16.0 Å². The molecule has 7 nitrogen and oxygen atoms in total. The predicted octanol–water partition coefficient (Wildman–Crippen LogP) is 3.66. The molecule has 0 unspecified atom stereocenters. The highest BCUT2D eigenvalue weighted by atomic mass is 16.6. The SMILES string of the molecule is CC(C)(C)OC(=O)NCCC(=O)Nc1ccccc1CNC(=O)C=C1CCCC1. The van der Waals surface area contributed by atoms with Crippen LogP contribution in [0.15, 0.2) is 35.9 Å². The number of carbonyl (C=O) groups is 3. The van der Waals surface area contributed by atoms with Crippen LogP contribution in [0.25, 0.3) is 0 Å². The van der Waals surface area contributed by atoms with Crippen molar-refractivity contribution >= 4 is 23.6 Å². The van der Waals surface area contributed by atoms with Crippen molar-refractivity contribution in [2.45, 2.75) is 65.0 Å². The van der Waals surface area contributed by atoms with E-state index < -0.39 is 11.7 Å². The normalized spacial score (nSPS) is 13.6. The average molecular weight is 402 g/mol. The highest BCUT2D eigenvalue weighted by Crippen LogP contribution is 2.23. The first-order chi connectivity index (χ1) is 13.7. The summed E-state index contributed by atoms with van der Waals surface area (Å²) in [6.45, 7) is 5.83. The van der Waals surface area contributed by atoms with E-state index in [0.717, 1.165) is 31.2 Å². The molecular weight excluding hydrogens is 370 g/mol. The van der Waals surface area contributed by atoms with E-state index >= 15 is 0 Å². The second-order valence-corrected chi connectivity index (χ2v) is 8.11. The molecule has 0 bridgehead atoms. The van der Waals surface area contributed by atoms with E-state index in [1.165, 1.54) is 5.57 Å². The molecule has 0 radical (unpaired) electrons. The first-order valence-corrected chi connectivity index (χ1v) is 10.0. The van der Waals surface area contributed by atoms with Crippen LogP contribution in [-0.4, -0.2) is 30.1 Å². The lowest BCUT2D eigenvalue weighted by molar-refractivity contribution is -0.117. The largest absolute Gasteiger partial charge is 0.444 e. The van der Waals surface area contributed by atoms with Crippen molar-refractivity contribution in [3.05, 3.63) is 41.5 Å². The number of ether oxygens (including phenoxy) is 1. The molecule has 1 aromatic carbocycles. The third-order valence-electron chi connectivity index (χ3n) is 4.35. The number of hydrogen-bond donors (Lipinski definition) is 3. The summed E-state index contributed by atoms with van der Waals surface area (Å²) in [4.78, 5) is 35.9. The molecule has 0 aliphatic heterocycles. The Morgan fingerprint density at radius 3 is 2.45 bits per heavy atom. The molecule has 3 N–H and O–H groups in total. The van der Waals surface area contributed by atoms with Crippen molar-refractivity contribution in [2.75, 3.05) is 11.9 Å². The number of rotatable bonds is 7. The fraction of sp³-hybridized carbons (Fsp3) is 0.500. The molecule has 1 aliphatic carbocycles. The zero-order chi connectivity index (χ0) is 21.3. The van der Waals surface area contributed by atoms with Crippen molar-refractivity contribution in [3.63, 3.8) is 0 Å². The molecule has 7 heteroatoms. The second-order valence-electron chi connectivity index (χ2n) is 8.11. The van der Waals surface area contributed by atoms with Crippen molar-refractivity contribution in [1.29, 1.82) is 0 Å². The van der Waals surface area contributed by atoms with E-state index in [-0.39, 0.29) is 24.8 Å². The molecule has 1 fully saturated rings. The third kappa shape index (κ3) is 8.81. The number of allylic oxidation sites excluding steroid dienone is 1. The number of anilines is 1. The minimum atomic E-state index is -0.580. The highest BCUT2D eigenvalue weighted by Gasteiger charge is 2.16. The van der Waals surface area contributed by atoms with Crippen LogP contribution in [0.1, 0.15) is 58.4 Å². The van der Waals surface area contributed by atoms with Crippen LogP contribution in [0.5, 0.6) is 0 Å². The molecule has 0 spiro atoms. The van der Waals surface area contributed by atoms with Crippen LogP contribution in [0.2, 0.25) is 0 Å². The smallest absolute Gasteiger partial charge is 0.407 e. The molecular formula is C22H31N3O4. The minimum absolute atomic E-state index is 0.107. The van der Waals surface area contributed by atoms with E-state index in [0.29, 0.717) is 12.2 Å². The Bertz CT molecular complexity index is 758. The topological polar surface area (TPSA) is 96.5 Å².